The number of halogens is 2. The number of methoxy groups -OCH3 is 2. The molecule has 2 fully saturated rings. The van der Waals surface area contributed by atoms with E-state index in [9.17, 15) is 4.79 Å². The lowest BCUT2D eigenvalue weighted by Gasteiger charge is -2.36. The summed E-state index contributed by atoms with van der Waals surface area (Å²) in [5.74, 6) is 2.34. The van der Waals surface area contributed by atoms with E-state index in [0.717, 1.165) is 5.39 Å². The zero-order valence-corrected chi connectivity index (χ0v) is 25.2. The van der Waals surface area contributed by atoms with E-state index in [2.05, 4.69) is 20.5 Å². The number of nitrogens with zero attached hydrogens (tertiary/aromatic N) is 4. The molecule has 0 aliphatic carbocycles. The van der Waals surface area contributed by atoms with Crippen molar-refractivity contribution in [2.75, 3.05) is 50.7 Å². The third kappa shape index (κ3) is 6.23. The fourth-order valence-electron chi connectivity index (χ4n) is 5.38. The smallest absolute Gasteiger partial charge is 0.217 e. The third-order valence-electron chi connectivity index (χ3n) is 7.16. The highest BCUT2D eigenvalue weighted by molar-refractivity contribution is 6.41. The maximum Gasteiger partial charge on any atom is 0.217 e. The summed E-state index contributed by atoms with van der Waals surface area (Å²) in [6.45, 7) is 7.88. The zero-order chi connectivity index (χ0) is 29.3. The minimum atomic E-state index is -0.147. The summed E-state index contributed by atoms with van der Waals surface area (Å²) in [7, 11) is 3.04. The Bertz CT molecular complexity index is 1400. The highest BCUT2D eigenvalue weighted by atomic mass is 35.5. The Kier molecular flexibility index (Phi) is 8.88. The van der Waals surface area contributed by atoms with Crippen LogP contribution < -0.4 is 25.0 Å². The quantitative estimate of drug-likeness (QED) is 0.403. The highest BCUT2D eigenvalue weighted by Gasteiger charge is 2.29. The minimum absolute atomic E-state index is 0.00598. The number of hydrogen-bond acceptors (Lipinski definition) is 10. The molecular weight excluding hydrogens is 571 g/mol. The van der Waals surface area contributed by atoms with Crippen LogP contribution in [0.4, 0.5) is 11.6 Å². The average molecular weight is 606 g/mol. The second-order valence-electron chi connectivity index (χ2n) is 10.3. The molecule has 4 heterocycles. The van der Waals surface area contributed by atoms with Crippen LogP contribution in [0.2, 0.25) is 10.0 Å². The van der Waals surface area contributed by atoms with Crippen LogP contribution in [-0.4, -0.2) is 85.7 Å². The van der Waals surface area contributed by atoms with Crippen LogP contribution in [0.15, 0.2) is 18.3 Å². The van der Waals surface area contributed by atoms with Crippen molar-refractivity contribution in [3.63, 3.8) is 0 Å². The monoisotopic (exact) mass is 604 g/mol. The van der Waals surface area contributed by atoms with E-state index in [1.807, 2.05) is 19.9 Å². The Labute approximate surface area is 248 Å². The lowest BCUT2D eigenvalue weighted by Crippen LogP contribution is -2.51. The van der Waals surface area contributed by atoms with E-state index in [1.165, 1.54) is 21.1 Å². The van der Waals surface area contributed by atoms with Crippen molar-refractivity contribution in [2.45, 2.75) is 51.5 Å². The fraction of sp³-hybridized carbons (Fsp3) is 0.500. The maximum absolute atomic E-state index is 11.8. The summed E-state index contributed by atoms with van der Waals surface area (Å²) in [6, 6.07) is 3.33. The Balaban J connectivity index is 1.63. The molecule has 0 radical (unpaired) electrons. The summed E-state index contributed by atoms with van der Waals surface area (Å²) in [5.41, 5.74) is 1.01. The molecule has 2 unspecified atom stereocenters. The van der Waals surface area contributed by atoms with Gasteiger partial charge in [0.25, 0.3) is 0 Å². The van der Waals surface area contributed by atoms with E-state index >= 15 is 0 Å². The normalized spacial score (nSPS) is 22.9. The predicted octanol–water partition coefficient (Wildman–Crippen LogP) is 4.33. The summed E-state index contributed by atoms with van der Waals surface area (Å²) in [6.07, 6.45) is 2.38. The molecule has 4 atom stereocenters. The molecule has 2 aliphatic rings. The van der Waals surface area contributed by atoms with Gasteiger partial charge in [0.15, 0.2) is 5.82 Å². The molecule has 2 saturated heterocycles. The molecule has 11 nitrogen and oxygen atoms in total. The Morgan fingerprint density at radius 2 is 1.73 bits per heavy atom. The number of nitrogens with one attached hydrogen (secondary N) is 2. The van der Waals surface area contributed by atoms with Crippen LogP contribution >= 0.6 is 23.2 Å². The molecule has 2 aromatic heterocycles. The molecule has 0 saturated carbocycles. The number of pyridine rings is 1. The van der Waals surface area contributed by atoms with Crippen LogP contribution in [0.25, 0.3) is 22.3 Å². The number of hydrogen-bond donors (Lipinski definition) is 2. The van der Waals surface area contributed by atoms with Gasteiger partial charge in [-0.1, -0.05) is 23.2 Å². The Morgan fingerprint density at radius 1 is 1.05 bits per heavy atom. The van der Waals surface area contributed by atoms with Crippen LogP contribution in [0, 0.1) is 0 Å². The van der Waals surface area contributed by atoms with Gasteiger partial charge >= 0.3 is 0 Å². The van der Waals surface area contributed by atoms with Gasteiger partial charge in [-0.05, 0) is 26.3 Å². The first-order valence-electron chi connectivity index (χ1n) is 13.5. The second-order valence-corrected chi connectivity index (χ2v) is 11.1. The van der Waals surface area contributed by atoms with E-state index in [1.54, 1.807) is 12.3 Å². The topological polar surface area (TPSA) is 120 Å². The molecule has 2 aliphatic heterocycles. The zero-order valence-electron chi connectivity index (χ0n) is 23.7. The lowest BCUT2D eigenvalue weighted by atomic mass is 10.0. The first-order valence-corrected chi connectivity index (χ1v) is 14.2. The molecule has 5 rings (SSSR count). The average Bonchev–Trinajstić information content (AvgIpc) is 2.93. The first kappa shape index (κ1) is 29.4. The van der Waals surface area contributed by atoms with Crippen LogP contribution in [-0.2, 0) is 14.3 Å². The van der Waals surface area contributed by atoms with Gasteiger partial charge < -0.3 is 34.5 Å². The number of carbonyl (C=O) groups excluding carboxylic acids is 1. The summed E-state index contributed by atoms with van der Waals surface area (Å²) in [4.78, 5) is 28.5. The van der Waals surface area contributed by atoms with Crippen molar-refractivity contribution in [3.05, 3.63) is 28.4 Å². The van der Waals surface area contributed by atoms with Crippen molar-refractivity contribution in [1.29, 1.82) is 0 Å². The second kappa shape index (κ2) is 12.4. The van der Waals surface area contributed by atoms with Crippen LogP contribution in [0.3, 0.4) is 0 Å². The Hall–Kier alpha value is -3.12. The molecule has 13 heteroatoms. The largest absolute Gasteiger partial charge is 0.495 e. The molecule has 220 valence electrons. The maximum atomic E-state index is 11.8. The highest BCUT2D eigenvalue weighted by Crippen LogP contribution is 2.46. The van der Waals surface area contributed by atoms with E-state index in [-0.39, 0.29) is 40.2 Å². The lowest BCUT2D eigenvalue weighted by molar-refractivity contribution is -0.120. The van der Waals surface area contributed by atoms with Crippen LogP contribution in [0.5, 0.6) is 11.5 Å². The first-order chi connectivity index (χ1) is 19.7. The summed E-state index contributed by atoms with van der Waals surface area (Å²) in [5, 5.41) is 7.81. The van der Waals surface area contributed by atoms with Gasteiger partial charge in [0.2, 0.25) is 5.91 Å². The van der Waals surface area contributed by atoms with E-state index < -0.39 is 0 Å². The van der Waals surface area contributed by atoms with Crippen molar-refractivity contribution >= 4 is 51.6 Å². The summed E-state index contributed by atoms with van der Waals surface area (Å²) >= 11 is 13.5. The van der Waals surface area contributed by atoms with Gasteiger partial charge in [-0.3, -0.25) is 4.79 Å². The fourth-order valence-corrected chi connectivity index (χ4v) is 6.05. The molecule has 0 bridgehead atoms. The van der Waals surface area contributed by atoms with Crippen molar-refractivity contribution in [2.24, 2.45) is 0 Å². The number of carbonyl (C=O) groups is 1. The van der Waals surface area contributed by atoms with Gasteiger partial charge in [-0.2, -0.15) is 0 Å². The van der Waals surface area contributed by atoms with E-state index in [4.69, 9.17) is 52.1 Å². The number of fused-ring (bicyclic) bond motifs is 1. The van der Waals surface area contributed by atoms with Gasteiger partial charge in [0, 0.05) is 38.1 Å². The SMILES string of the molecule is COc1cc(OC)c(Cl)c(-c2nc(N3CC(C)OC(C)C3)c3cc(N[C@@H]4COCC[C@@H]4NC(C)=O)ncc3n2)c1Cl. The number of aromatic nitrogens is 3. The number of ether oxygens (including phenoxy) is 4. The van der Waals surface area contributed by atoms with Gasteiger partial charge in [0.05, 0.1) is 72.4 Å². The molecular formula is C28H34Cl2N6O5. The molecule has 2 N–H and O–H groups in total. The molecule has 1 aromatic carbocycles. The minimum Gasteiger partial charge on any atom is -0.495 e. The number of benzene rings is 1. The van der Waals surface area contributed by atoms with E-state index in [0.29, 0.717) is 72.8 Å². The third-order valence-corrected chi connectivity index (χ3v) is 7.91. The van der Waals surface area contributed by atoms with Crippen molar-refractivity contribution in [3.8, 4) is 22.9 Å². The Morgan fingerprint density at radius 3 is 2.37 bits per heavy atom. The summed E-state index contributed by atoms with van der Waals surface area (Å²) < 4.78 is 22.6. The standard InChI is InChI=1S/C28H34Cl2N6O5/c1-14-11-36(12-15(2)41-14)28-17-8-23(33-20-13-40-7-6-18(20)32-16(3)37)31-10-19(17)34-27(35-28)24-25(29)21(38-4)9-22(39-5)26(24)30/h8-10,14-15,18,20H,6-7,11-13H2,1-5H3,(H,31,33)(H,32,37)/t14?,15?,18-,20+/m0/s1. The van der Waals surface area contributed by atoms with Crippen molar-refractivity contribution < 1.29 is 23.7 Å². The number of amides is 1. The van der Waals surface area contributed by atoms with Gasteiger partial charge in [-0.15, -0.1) is 0 Å². The van der Waals surface area contributed by atoms with Gasteiger partial charge in [-0.25, -0.2) is 15.0 Å². The molecule has 3 aromatic rings. The number of morpholine rings is 1. The number of anilines is 2. The number of rotatable bonds is 7. The predicted molar refractivity (Wildman–Crippen MR) is 159 cm³/mol. The van der Waals surface area contributed by atoms with Crippen LogP contribution in [0.1, 0.15) is 27.2 Å². The molecule has 0 spiro atoms. The molecule has 41 heavy (non-hydrogen) atoms. The van der Waals surface area contributed by atoms with Crippen molar-refractivity contribution in [1.82, 2.24) is 20.3 Å². The molecule has 1 amide bonds. The van der Waals surface area contributed by atoms with Gasteiger partial charge in [0.1, 0.15) is 23.1 Å².